The minimum atomic E-state index is -0.778. The van der Waals surface area contributed by atoms with Gasteiger partial charge in [-0.1, -0.05) is 38.5 Å². The smallest absolute Gasteiger partial charge is 0.325 e. The molecule has 0 saturated heterocycles. The largest absolute Gasteiger partial charge is 0.468 e. The van der Waals surface area contributed by atoms with Crippen LogP contribution < -0.4 is 10.6 Å². The molecule has 1 rings (SSSR count). The molecule has 0 bridgehead atoms. The van der Waals surface area contributed by atoms with E-state index in [1.165, 1.54) is 7.11 Å². The van der Waals surface area contributed by atoms with E-state index in [4.69, 9.17) is 0 Å². The molecule has 0 spiro atoms. The number of esters is 1. The van der Waals surface area contributed by atoms with Crippen LogP contribution in [0.1, 0.15) is 36.7 Å². The lowest BCUT2D eigenvalue weighted by Crippen LogP contribution is -2.54. The Bertz CT molecular complexity index is 591. The molecule has 2 amide bonds. The van der Waals surface area contributed by atoms with E-state index >= 15 is 0 Å². The molecule has 0 aliphatic rings. The summed E-state index contributed by atoms with van der Waals surface area (Å²) in [6.07, 6.45) is 0. The Hall–Kier alpha value is -2.37. The summed E-state index contributed by atoms with van der Waals surface area (Å²) in [7, 11) is 1.25. The predicted molar refractivity (Wildman–Crippen MR) is 86.9 cm³/mol. The van der Waals surface area contributed by atoms with E-state index in [9.17, 15) is 14.4 Å². The minimum absolute atomic E-state index is 0.234. The second-order valence-corrected chi connectivity index (χ2v) is 6.44. The van der Waals surface area contributed by atoms with Crippen LogP contribution in [0.25, 0.3) is 0 Å². The highest BCUT2D eigenvalue weighted by Crippen LogP contribution is 2.20. The third-order valence-corrected chi connectivity index (χ3v) is 3.32. The zero-order valence-electron chi connectivity index (χ0n) is 14.2. The summed E-state index contributed by atoms with van der Waals surface area (Å²) in [4.78, 5) is 35.8. The van der Waals surface area contributed by atoms with Crippen molar-refractivity contribution < 1.29 is 19.1 Å². The summed E-state index contributed by atoms with van der Waals surface area (Å²) >= 11 is 0. The molecule has 2 N–H and O–H groups in total. The first kappa shape index (κ1) is 18.7. The Balaban J connectivity index is 2.85. The topological polar surface area (TPSA) is 84.5 Å². The van der Waals surface area contributed by atoms with E-state index in [1.54, 1.807) is 18.2 Å². The molecule has 1 aromatic carbocycles. The molecule has 0 aromatic heterocycles. The zero-order valence-corrected chi connectivity index (χ0v) is 14.2. The van der Waals surface area contributed by atoms with Crippen LogP contribution in [0.4, 0.5) is 0 Å². The Kier molecular flexibility index (Phi) is 6.30. The van der Waals surface area contributed by atoms with Gasteiger partial charge in [0.2, 0.25) is 5.91 Å². The van der Waals surface area contributed by atoms with Crippen LogP contribution in [0.5, 0.6) is 0 Å². The number of ether oxygens (including phenoxy) is 1. The van der Waals surface area contributed by atoms with Gasteiger partial charge >= 0.3 is 5.97 Å². The Morgan fingerprint density at radius 1 is 1.22 bits per heavy atom. The van der Waals surface area contributed by atoms with E-state index in [0.717, 1.165) is 5.56 Å². The second-order valence-electron chi connectivity index (χ2n) is 6.44. The molecule has 6 heteroatoms. The van der Waals surface area contributed by atoms with Crippen LogP contribution >= 0.6 is 0 Å². The highest BCUT2D eigenvalue weighted by atomic mass is 16.5. The molecular weight excluding hydrogens is 296 g/mol. The van der Waals surface area contributed by atoms with Gasteiger partial charge < -0.3 is 15.4 Å². The number of amides is 2. The Labute approximate surface area is 136 Å². The summed E-state index contributed by atoms with van der Waals surface area (Å²) in [5.41, 5.74) is 0.930. The van der Waals surface area contributed by atoms with Crippen molar-refractivity contribution in [3.05, 3.63) is 35.4 Å². The van der Waals surface area contributed by atoms with Crippen molar-refractivity contribution in [2.45, 2.75) is 33.7 Å². The van der Waals surface area contributed by atoms with Crippen molar-refractivity contribution in [1.82, 2.24) is 10.6 Å². The normalized spacial score (nSPS) is 12.2. The van der Waals surface area contributed by atoms with E-state index in [2.05, 4.69) is 15.4 Å². The standard InChI is InChI=1S/C17H24N2O4/c1-11-7-6-8-12(9-11)15(21)19-14(17(2,3)4)16(22)18-10-13(20)23-5/h6-9,14H,10H2,1-5H3,(H,18,22)(H,19,21)/t14-/m1/s1. The fourth-order valence-corrected chi connectivity index (χ4v) is 2.01. The van der Waals surface area contributed by atoms with Gasteiger partial charge in [0.25, 0.3) is 5.91 Å². The maximum atomic E-state index is 12.4. The number of carbonyl (C=O) groups excluding carboxylic acids is 3. The molecule has 0 radical (unpaired) electrons. The van der Waals surface area contributed by atoms with Crippen LogP contribution in [-0.4, -0.2) is 37.5 Å². The number of benzene rings is 1. The summed E-state index contributed by atoms with van der Waals surface area (Å²) in [6, 6.07) is 6.34. The van der Waals surface area contributed by atoms with Gasteiger partial charge in [-0.25, -0.2) is 0 Å². The number of carbonyl (C=O) groups is 3. The maximum Gasteiger partial charge on any atom is 0.325 e. The van der Waals surface area contributed by atoms with Crippen molar-refractivity contribution in [3.63, 3.8) is 0 Å². The van der Waals surface area contributed by atoms with E-state index < -0.39 is 23.3 Å². The first-order valence-corrected chi connectivity index (χ1v) is 7.37. The highest BCUT2D eigenvalue weighted by molar-refractivity contribution is 5.98. The van der Waals surface area contributed by atoms with Crippen LogP contribution in [0.3, 0.4) is 0 Å². The maximum absolute atomic E-state index is 12.4. The molecule has 0 unspecified atom stereocenters. The summed E-state index contributed by atoms with van der Waals surface area (Å²) < 4.78 is 4.49. The number of hydrogen-bond donors (Lipinski definition) is 2. The number of methoxy groups -OCH3 is 1. The third-order valence-electron chi connectivity index (χ3n) is 3.32. The van der Waals surface area contributed by atoms with Crippen molar-refractivity contribution >= 4 is 17.8 Å². The lowest BCUT2D eigenvalue weighted by Gasteiger charge is -2.30. The minimum Gasteiger partial charge on any atom is -0.468 e. The summed E-state index contributed by atoms with van der Waals surface area (Å²) in [5.74, 6) is -1.30. The lowest BCUT2D eigenvalue weighted by molar-refractivity contribution is -0.141. The van der Waals surface area contributed by atoms with Crippen molar-refractivity contribution in [2.75, 3.05) is 13.7 Å². The van der Waals surface area contributed by atoms with Gasteiger partial charge in [-0.05, 0) is 24.5 Å². The van der Waals surface area contributed by atoms with Gasteiger partial charge in [-0.15, -0.1) is 0 Å². The van der Waals surface area contributed by atoms with E-state index in [-0.39, 0.29) is 12.5 Å². The SMILES string of the molecule is COC(=O)CNC(=O)[C@@H](NC(=O)c1cccc(C)c1)C(C)(C)C. The van der Waals surface area contributed by atoms with Crippen molar-refractivity contribution in [2.24, 2.45) is 5.41 Å². The average molecular weight is 320 g/mol. The summed E-state index contributed by atoms with van der Waals surface area (Å²) in [6.45, 7) is 7.17. The van der Waals surface area contributed by atoms with Gasteiger partial charge in [0, 0.05) is 5.56 Å². The summed E-state index contributed by atoms with van der Waals surface area (Å²) in [5, 5.41) is 5.22. The molecule has 6 nitrogen and oxygen atoms in total. The van der Waals surface area contributed by atoms with Gasteiger partial charge in [-0.2, -0.15) is 0 Å². The first-order chi connectivity index (χ1) is 10.6. The molecular formula is C17H24N2O4. The number of aryl methyl sites for hydroxylation is 1. The Morgan fingerprint density at radius 2 is 1.87 bits per heavy atom. The number of nitrogens with one attached hydrogen (secondary N) is 2. The molecule has 0 heterocycles. The molecule has 1 aromatic rings. The second kappa shape index (κ2) is 7.76. The van der Waals surface area contributed by atoms with Crippen LogP contribution in [0, 0.1) is 12.3 Å². The number of hydrogen-bond acceptors (Lipinski definition) is 4. The quantitative estimate of drug-likeness (QED) is 0.804. The molecule has 1 atom stereocenters. The molecule has 0 aliphatic carbocycles. The van der Waals surface area contributed by atoms with Gasteiger partial charge in [0.1, 0.15) is 12.6 Å². The van der Waals surface area contributed by atoms with E-state index in [0.29, 0.717) is 5.56 Å². The predicted octanol–water partition coefficient (Wildman–Crippen LogP) is 1.43. The molecule has 0 saturated carbocycles. The van der Waals surface area contributed by atoms with Crippen LogP contribution in [0.2, 0.25) is 0 Å². The van der Waals surface area contributed by atoms with Gasteiger partial charge in [0.05, 0.1) is 7.11 Å². The van der Waals surface area contributed by atoms with Crippen molar-refractivity contribution in [3.8, 4) is 0 Å². The zero-order chi connectivity index (χ0) is 17.6. The molecule has 126 valence electrons. The fraction of sp³-hybridized carbons (Fsp3) is 0.471. The average Bonchev–Trinajstić information content (AvgIpc) is 2.48. The Morgan fingerprint density at radius 3 is 2.39 bits per heavy atom. The highest BCUT2D eigenvalue weighted by Gasteiger charge is 2.33. The van der Waals surface area contributed by atoms with Crippen LogP contribution in [-0.2, 0) is 14.3 Å². The van der Waals surface area contributed by atoms with Gasteiger partial charge in [-0.3, -0.25) is 14.4 Å². The fourth-order valence-electron chi connectivity index (χ4n) is 2.01. The lowest BCUT2D eigenvalue weighted by atomic mass is 9.86. The molecule has 23 heavy (non-hydrogen) atoms. The molecule has 0 aliphatic heterocycles. The van der Waals surface area contributed by atoms with Crippen molar-refractivity contribution in [1.29, 1.82) is 0 Å². The number of rotatable bonds is 5. The molecule has 0 fully saturated rings. The monoisotopic (exact) mass is 320 g/mol. The van der Waals surface area contributed by atoms with Crippen LogP contribution in [0.15, 0.2) is 24.3 Å². The van der Waals surface area contributed by atoms with E-state index in [1.807, 2.05) is 33.8 Å². The first-order valence-electron chi connectivity index (χ1n) is 7.37. The third kappa shape index (κ3) is 5.73. The van der Waals surface area contributed by atoms with Gasteiger partial charge in [0.15, 0.2) is 0 Å².